The summed E-state index contributed by atoms with van der Waals surface area (Å²) in [6.45, 7) is -0.0835. The molecule has 0 bridgehead atoms. The van der Waals surface area contributed by atoms with Gasteiger partial charge in [0.05, 0.1) is 24.4 Å². The summed E-state index contributed by atoms with van der Waals surface area (Å²) < 4.78 is 43.8. The van der Waals surface area contributed by atoms with E-state index in [-0.39, 0.29) is 50.2 Å². The molecule has 5 atom stereocenters. The molecule has 218 valence electrons. The number of allylic oxidation sites excluding steroid dienone is 2. The van der Waals surface area contributed by atoms with Crippen molar-refractivity contribution in [3.05, 3.63) is 64.2 Å². The normalized spacial score (nSPS) is 22.3. The quantitative estimate of drug-likeness (QED) is 0.104. The Hall–Kier alpha value is -3.16. The number of amides is 1. The van der Waals surface area contributed by atoms with Gasteiger partial charge in [-0.3, -0.25) is 4.79 Å². The molecule has 13 heteroatoms. The van der Waals surface area contributed by atoms with Crippen LogP contribution >= 0.6 is 0 Å². The van der Waals surface area contributed by atoms with Gasteiger partial charge in [-0.15, -0.1) is 10.1 Å². The zero-order valence-corrected chi connectivity index (χ0v) is 21.3. The number of nitrogens with one attached hydrogen (secondary N) is 1. The van der Waals surface area contributed by atoms with Crippen LogP contribution in [0.25, 0.3) is 0 Å². The maximum atomic E-state index is 12.8. The fraction of sp³-hybridized carbons (Fsp3) is 0.577. The fourth-order valence-electron chi connectivity index (χ4n) is 4.24. The van der Waals surface area contributed by atoms with E-state index in [9.17, 15) is 43.4 Å². The summed E-state index contributed by atoms with van der Waals surface area (Å²) in [7, 11) is 0. The van der Waals surface area contributed by atoms with Crippen molar-refractivity contribution in [1.29, 1.82) is 0 Å². The molecule has 1 saturated carbocycles. The molecule has 10 nitrogen and oxygen atoms in total. The summed E-state index contributed by atoms with van der Waals surface area (Å²) in [6.07, 6.45) is 2.02. The summed E-state index contributed by atoms with van der Waals surface area (Å²) in [4.78, 5) is 26.0. The van der Waals surface area contributed by atoms with Crippen LogP contribution in [0.4, 0.5) is 13.2 Å². The SMILES string of the molecule is O=C(CCC/C=C\C[C@@H]1[C@@H](/C=C/[C@@H](O)COc2cccc(C(F)(F)F)c2)[C@H](O)C[C@@H]1O)NCCCO[N+](=O)[O-]. The van der Waals surface area contributed by atoms with Crippen LogP contribution in [-0.4, -0.2) is 64.4 Å². The maximum Gasteiger partial charge on any atom is 0.416 e. The monoisotopic (exact) mass is 560 g/mol. The zero-order chi connectivity index (χ0) is 28.8. The Kier molecular flexibility index (Phi) is 13.2. The minimum atomic E-state index is -4.51. The first kappa shape index (κ1) is 32.1. The predicted octanol–water partition coefficient (Wildman–Crippen LogP) is 3.19. The van der Waals surface area contributed by atoms with Crippen LogP contribution in [0.5, 0.6) is 5.75 Å². The number of carbonyl (C=O) groups is 1. The number of carbonyl (C=O) groups excluding carboxylic acids is 1. The van der Waals surface area contributed by atoms with Crippen molar-refractivity contribution < 1.29 is 47.9 Å². The van der Waals surface area contributed by atoms with Crippen molar-refractivity contribution in [3.63, 3.8) is 0 Å². The number of hydrogen-bond acceptors (Lipinski definition) is 8. The minimum absolute atomic E-state index is 0.0311. The van der Waals surface area contributed by atoms with Gasteiger partial charge in [0.1, 0.15) is 18.5 Å². The molecular formula is C26H35F3N2O8. The number of unbranched alkanes of at least 4 members (excludes halogenated alkanes) is 1. The Labute approximate surface area is 224 Å². The molecule has 1 amide bonds. The highest BCUT2D eigenvalue weighted by Gasteiger charge is 2.39. The van der Waals surface area contributed by atoms with Gasteiger partial charge in [-0.25, -0.2) is 0 Å². The van der Waals surface area contributed by atoms with E-state index in [4.69, 9.17) is 4.74 Å². The molecule has 1 aromatic rings. The smallest absolute Gasteiger partial charge is 0.416 e. The Bertz CT molecular complexity index is 973. The molecular weight excluding hydrogens is 525 g/mol. The largest absolute Gasteiger partial charge is 0.491 e. The van der Waals surface area contributed by atoms with Crippen molar-refractivity contribution in [1.82, 2.24) is 5.32 Å². The van der Waals surface area contributed by atoms with Crippen LogP contribution in [0.15, 0.2) is 48.6 Å². The maximum absolute atomic E-state index is 12.8. The van der Waals surface area contributed by atoms with E-state index in [0.29, 0.717) is 25.7 Å². The summed E-state index contributed by atoms with van der Waals surface area (Å²) >= 11 is 0. The van der Waals surface area contributed by atoms with Crippen LogP contribution in [0.1, 0.15) is 44.1 Å². The second kappa shape index (κ2) is 16.1. The van der Waals surface area contributed by atoms with Crippen molar-refractivity contribution in [2.75, 3.05) is 19.8 Å². The highest BCUT2D eigenvalue weighted by molar-refractivity contribution is 5.75. The molecule has 0 spiro atoms. The van der Waals surface area contributed by atoms with Crippen LogP contribution in [0, 0.1) is 22.0 Å². The third-order valence-corrected chi connectivity index (χ3v) is 6.24. The Morgan fingerprint density at radius 2 is 2.00 bits per heavy atom. The van der Waals surface area contributed by atoms with Crippen LogP contribution in [-0.2, 0) is 15.8 Å². The summed E-state index contributed by atoms with van der Waals surface area (Å²) in [5.74, 6) is -0.928. The number of aliphatic hydroxyl groups excluding tert-OH is 3. The number of ether oxygens (including phenoxy) is 1. The lowest BCUT2D eigenvalue weighted by atomic mass is 9.89. The highest BCUT2D eigenvalue weighted by atomic mass is 19.4. The van der Waals surface area contributed by atoms with E-state index in [0.717, 1.165) is 12.1 Å². The lowest BCUT2D eigenvalue weighted by Gasteiger charge is -2.19. The first-order valence-electron chi connectivity index (χ1n) is 12.7. The van der Waals surface area contributed by atoms with Crippen molar-refractivity contribution in [3.8, 4) is 5.75 Å². The fourth-order valence-corrected chi connectivity index (χ4v) is 4.24. The number of alkyl halides is 3. The van der Waals surface area contributed by atoms with E-state index in [1.54, 1.807) is 6.08 Å². The number of benzene rings is 1. The molecule has 1 aliphatic rings. The topological polar surface area (TPSA) is 151 Å². The first-order valence-corrected chi connectivity index (χ1v) is 12.7. The molecule has 0 radical (unpaired) electrons. The molecule has 1 aliphatic carbocycles. The van der Waals surface area contributed by atoms with E-state index >= 15 is 0 Å². The van der Waals surface area contributed by atoms with E-state index in [1.165, 1.54) is 18.2 Å². The van der Waals surface area contributed by atoms with Crippen LogP contribution in [0.2, 0.25) is 0 Å². The highest BCUT2D eigenvalue weighted by Crippen LogP contribution is 2.36. The number of hydrogen-bond donors (Lipinski definition) is 4. The molecule has 1 fully saturated rings. The van der Waals surface area contributed by atoms with Gasteiger partial charge in [0, 0.05) is 25.3 Å². The van der Waals surface area contributed by atoms with Crippen LogP contribution in [0.3, 0.4) is 0 Å². The van der Waals surface area contributed by atoms with Crippen molar-refractivity contribution >= 4 is 5.91 Å². The average Bonchev–Trinajstić information content (AvgIpc) is 3.14. The van der Waals surface area contributed by atoms with Crippen molar-refractivity contribution in [2.45, 2.75) is 63.0 Å². The van der Waals surface area contributed by atoms with E-state index in [2.05, 4.69) is 10.2 Å². The van der Waals surface area contributed by atoms with Crippen LogP contribution < -0.4 is 10.1 Å². The molecule has 0 aromatic heterocycles. The lowest BCUT2D eigenvalue weighted by molar-refractivity contribution is -0.757. The Morgan fingerprint density at radius 1 is 1.23 bits per heavy atom. The lowest BCUT2D eigenvalue weighted by Crippen LogP contribution is -2.25. The van der Waals surface area contributed by atoms with E-state index in [1.807, 2.05) is 12.2 Å². The van der Waals surface area contributed by atoms with E-state index < -0.39 is 41.1 Å². The summed E-state index contributed by atoms with van der Waals surface area (Å²) in [5.41, 5.74) is -0.856. The number of aliphatic hydroxyl groups is 3. The molecule has 2 rings (SSSR count). The van der Waals surface area contributed by atoms with Gasteiger partial charge >= 0.3 is 6.18 Å². The molecule has 4 N–H and O–H groups in total. The molecule has 0 saturated heterocycles. The van der Waals surface area contributed by atoms with Crippen molar-refractivity contribution in [2.24, 2.45) is 11.8 Å². The van der Waals surface area contributed by atoms with Gasteiger partial charge in [0.15, 0.2) is 0 Å². The second-order valence-electron chi connectivity index (χ2n) is 9.26. The van der Waals surface area contributed by atoms with Gasteiger partial charge in [-0.05, 0) is 49.8 Å². The molecule has 1 aromatic carbocycles. The Balaban J connectivity index is 1.73. The average molecular weight is 561 g/mol. The zero-order valence-electron chi connectivity index (χ0n) is 21.3. The number of nitrogens with zero attached hydrogens (tertiary/aromatic N) is 1. The first-order chi connectivity index (χ1) is 18.5. The summed E-state index contributed by atoms with van der Waals surface area (Å²) in [6, 6.07) is 4.34. The predicted molar refractivity (Wildman–Crippen MR) is 134 cm³/mol. The van der Waals surface area contributed by atoms with Gasteiger partial charge in [-0.1, -0.05) is 30.4 Å². The molecule has 0 heterocycles. The molecule has 39 heavy (non-hydrogen) atoms. The third kappa shape index (κ3) is 12.1. The number of rotatable bonds is 16. The Morgan fingerprint density at radius 3 is 2.72 bits per heavy atom. The van der Waals surface area contributed by atoms with Gasteiger partial charge in [-0.2, -0.15) is 13.2 Å². The van der Waals surface area contributed by atoms with Gasteiger partial charge in [0.25, 0.3) is 5.09 Å². The standard InChI is InChI=1S/C26H35F3N2O8/c27-26(28,29)18-7-5-8-20(15-18)38-17-19(32)11-12-22-21(23(33)16-24(22)34)9-3-1-2-4-10-25(35)30-13-6-14-39-31(36)37/h1,3,5,7-8,11-12,15,19,21-24,32-34H,2,4,6,9-10,13-14,16-17H2,(H,30,35)/b3-1-,12-11+/t19-,21-,22-,23+,24-/m1/s1. The second-order valence-corrected chi connectivity index (χ2v) is 9.26. The molecule has 0 unspecified atom stereocenters. The minimum Gasteiger partial charge on any atom is -0.491 e. The summed E-state index contributed by atoms with van der Waals surface area (Å²) in [5, 5.41) is 42.7. The van der Waals surface area contributed by atoms with Gasteiger partial charge < -0.3 is 30.2 Å². The molecule has 0 aliphatic heterocycles. The van der Waals surface area contributed by atoms with Gasteiger partial charge in [0.2, 0.25) is 5.91 Å². The third-order valence-electron chi connectivity index (χ3n) is 6.24. The number of halogens is 3.